The number of fused-ring (bicyclic) bond motifs is 1. The van der Waals surface area contributed by atoms with Gasteiger partial charge in [0.2, 0.25) is 0 Å². The minimum atomic E-state index is -0.608. The average molecular weight is 526 g/mol. The van der Waals surface area contributed by atoms with Gasteiger partial charge in [0.05, 0.1) is 32.5 Å². The fraction of sp³-hybridized carbons (Fsp3) is 0.133. The van der Waals surface area contributed by atoms with Crippen LogP contribution in [0.4, 0.5) is 0 Å². The smallest absolute Gasteiger partial charge is 0.343 e. The SMILES string of the molecule is COc1ccc(C(=O)Oc2ccc3ccccc3c2/C=N\NC(=O)CNC(=O)c2ccccc2C)cc1OC. The van der Waals surface area contributed by atoms with Crippen molar-refractivity contribution in [3.05, 3.63) is 101 Å². The fourth-order valence-electron chi connectivity index (χ4n) is 3.91. The van der Waals surface area contributed by atoms with Crippen molar-refractivity contribution in [2.24, 2.45) is 5.10 Å². The van der Waals surface area contributed by atoms with Crippen molar-refractivity contribution in [2.45, 2.75) is 6.92 Å². The van der Waals surface area contributed by atoms with Crippen LogP contribution < -0.4 is 25.0 Å². The van der Waals surface area contributed by atoms with Crippen LogP contribution in [0.3, 0.4) is 0 Å². The molecule has 0 saturated carbocycles. The molecule has 0 saturated heterocycles. The summed E-state index contributed by atoms with van der Waals surface area (Å²) in [7, 11) is 2.99. The Hall–Kier alpha value is -5.18. The Labute approximate surface area is 225 Å². The Morgan fingerprint density at radius 1 is 0.846 bits per heavy atom. The second kappa shape index (κ2) is 12.4. The van der Waals surface area contributed by atoms with Gasteiger partial charge in [0.15, 0.2) is 11.5 Å². The van der Waals surface area contributed by atoms with Gasteiger partial charge >= 0.3 is 5.97 Å². The number of amides is 2. The van der Waals surface area contributed by atoms with E-state index in [1.54, 1.807) is 30.3 Å². The van der Waals surface area contributed by atoms with Crippen molar-refractivity contribution in [1.82, 2.24) is 10.7 Å². The highest BCUT2D eigenvalue weighted by Crippen LogP contribution is 2.30. The molecule has 0 aliphatic rings. The van der Waals surface area contributed by atoms with Crippen LogP contribution >= 0.6 is 0 Å². The number of hydrogen-bond donors (Lipinski definition) is 2. The largest absolute Gasteiger partial charge is 0.493 e. The van der Waals surface area contributed by atoms with Crippen LogP contribution in [0.25, 0.3) is 10.8 Å². The second-order valence-corrected chi connectivity index (χ2v) is 8.45. The van der Waals surface area contributed by atoms with Crippen LogP contribution in [-0.2, 0) is 4.79 Å². The van der Waals surface area contributed by atoms with Crippen molar-refractivity contribution < 1.29 is 28.6 Å². The van der Waals surface area contributed by atoms with Gasteiger partial charge < -0.3 is 19.5 Å². The van der Waals surface area contributed by atoms with Gasteiger partial charge in [-0.15, -0.1) is 0 Å². The van der Waals surface area contributed by atoms with Crippen molar-refractivity contribution >= 4 is 34.8 Å². The molecular formula is C30H27N3O6. The lowest BCUT2D eigenvalue weighted by molar-refractivity contribution is -0.120. The Balaban J connectivity index is 1.50. The van der Waals surface area contributed by atoms with E-state index in [0.29, 0.717) is 22.6 Å². The predicted molar refractivity (Wildman–Crippen MR) is 148 cm³/mol. The minimum Gasteiger partial charge on any atom is -0.493 e. The molecule has 0 heterocycles. The van der Waals surface area contributed by atoms with E-state index in [1.165, 1.54) is 26.5 Å². The van der Waals surface area contributed by atoms with Gasteiger partial charge in [-0.25, -0.2) is 10.2 Å². The van der Waals surface area contributed by atoms with Crippen LogP contribution in [0, 0.1) is 6.92 Å². The molecule has 0 aromatic heterocycles. The summed E-state index contributed by atoms with van der Waals surface area (Å²) >= 11 is 0. The quantitative estimate of drug-likeness (QED) is 0.146. The summed E-state index contributed by atoms with van der Waals surface area (Å²) in [4.78, 5) is 37.7. The Morgan fingerprint density at radius 2 is 1.56 bits per heavy atom. The number of ether oxygens (including phenoxy) is 3. The molecule has 0 fully saturated rings. The summed E-state index contributed by atoms with van der Waals surface area (Å²) in [6.07, 6.45) is 1.40. The monoisotopic (exact) mass is 525 g/mol. The van der Waals surface area contributed by atoms with Crippen LogP contribution in [0.2, 0.25) is 0 Å². The molecule has 4 aromatic rings. The van der Waals surface area contributed by atoms with Crippen LogP contribution in [0.5, 0.6) is 17.2 Å². The summed E-state index contributed by atoms with van der Waals surface area (Å²) in [5.74, 6) is -0.353. The number of nitrogens with zero attached hydrogens (tertiary/aromatic N) is 1. The highest BCUT2D eigenvalue weighted by molar-refractivity contribution is 6.04. The predicted octanol–water partition coefficient (Wildman–Crippen LogP) is 4.26. The first-order valence-electron chi connectivity index (χ1n) is 12.0. The molecule has 198 valence electrons. The molecule has 0 unspecified atom stereocenters. The summed E-state index contributed by atoms with van der Waals surface area (Å²) in [6, 6.07) is 22.8. The number of benzene rings is 4. The summed E-state index contributed by atoms with van der Waals surface area (Å²) in [6.45, 7) is 1.56. The van der Waals surface area contributed by atoms with Gasteiger partial charge in [0.1, 0.15) is 5.75 Å². The molecule has 0 aliphatic carbocycles. The number of carbonyl (C=O) groups is 3. The maximum atomic E-state index is 13.0. The van der Waals surface area contributed by atoms with E-state index in [2.05, 4.69) is 15.8 Å². The van der Waals surface area contributed by atoms with E-state index in [1.807, 2.05) is 49.4 Å². The lowest BCUT2D eigenvalue weighted by Crippen LogP contribution is -2.35. The maximum absolute atomic E-state index is 13.0. The van der Waals surface area contributed by atoms with Crippen molar-refractivity contribution in [3.8, 4) is 17.2 Å². The molecule has 4 rings (SSSR count). The van der Waals surface area contributed by atoms with Gasteiger partial charge in [-0.05, 0) is 53.6 Å². The van der Waals surface area contributed by atoms with Gasteiger partial charge in [-0.1, -0.05) is 48.5 Å². The molecule has 9 heteroatoms. The first-order valence-corrected chi connectivity index (χ1v) is 12.0. The molecule has 0 aliphatic heterocycles. The van der Waals surface area contributed by atoms with Crippen LogP contribution in [0.1, 0.15) is 31.8 Å². The van der Waals surface area contributed by atoms with E-state index < -0.39 is 11.9 Å². The fourth-order valence-corrected chi connectivity index (χ4v) is 3.91. The highest BCUT2D eigenvalue weighted by atomic mass is 16.5. The number of carbonyl (C=O) groups excluding carboxylic acids is 3. The van der Waals surface area contributed by atoms with Crippen LogP contribution in [-0.4, -0.2) is 44.8 Å². The average Bonchev–Trinajstić information content (AvgIpc) is 2.96. The standard InChI is InChI=1S/C30H27N3O6/c1-19-8-4-6-10-22(19)29(35)31-18-28(34)33-32-17-24-23-11-7-5-9-20(23)12-14-25(24)39-30(36)21-13-15-26(37-2)27(16-21)38-3/h4-17H,18H2,1-3H3,(H,31,35)(H,33,34)/b32-17-. The van der Waals surface area contributed by atoms with Crippen molar-refractivity contribution in [2.75, 3.05) is 20.8 Å². The third-order valence-electron chi connectivity index (χ3n) is 5.93. The van der Waals surface area contributed by atoms with E-state index >= 15 is 0 Å². The normalized spacial score (nSPS) is 10.7. The van der Waals surface area contributed by atoms with Gasteiger partial charge in [-0.3, -0.25) is 9.59 Å². The first kappa shape index (κ1) is 26.9. The molecule has 2 amide bonds. The lowest BCUT2D eigenvalue weighted by atomic mass is 10.0. The van der Waals surface area contributed by atoms with Crippen LogP contribution in [0.15, 0.2) is 84.0 Å². The zero-order valence-corrected chi connectivity index (χ0v) is 21.7. The second-order valence-electron chi connectivity index (χ2n) is 8.45. The Bertz CT molecular complexity index is 1560. The Kier molecular flexibility index (Phi) is 8.53. The maximum Gasteiger partial charge on any atom is 0.343 e. The summed E-state index contributed by atoms with van der Waals surface area (Å²) in [5.41, 5.74) is 4.46. The zero-order chi connectivity index (χ0) is 27.8. The van der Waals surface area contributed by atoms with E-state index in [0.717, 1.165) is 16.3 Å². The summed E-state index contributed by atoms with van der Waals surface area (Å²) in [5, 5.41) is 8.28. The molecule has 9 nitrogen and oxygen atoms in total. The number of hydrogen-bond acceptors (Lipinski definition) is 7. The van der Waals surface area contributed by atoms with Crippen molar-refractivity contribution in [3.63, 3.8) is 0 Å². The van der Waals surface area contributed by atoms with Gasteiger partial charge in [0.25, 0.3) is 11.8 Å². The molecule has 4 aromatic carbocycles. The number of hydrazone groups is 1. The number of nitrogens with one attached hydrogen (secondary N) is 2. The molecule has 0 atom stereocenters. The minimum absolute atomic E-state index is 0.249. The lowest BCUT2D eigenvalue weighted by Gasteiger charge is -2.12. The molecule has 2 N–H and O–H groups in total. The highest BCUT2D eigenvalue weighted by Gasteiger charge is 2.16. The van der Waals surface area contributed by atoms with E-state index in [-0.39, 0.29) is 23.8 Å². The third-order valence-corrected chi connectivity index (χ3v) is 5.93. The van der Waals surface area contributed by atoms with Crippen molar-refractivity contribution in [1.29, 1.82) is 0 Å². The zero-order valence-electron chi connectivity index (χ0n) is 21.7. The number of esters is 1. The number of methoxy groups -OCH3 is 2. The van der Waals surface area contributed by atoms with Gasteiger partial charge in [-0.2, -0.15) is 5.10 Å². The van der Waals surface area contributed by atoms with E-state index in [9.17, 15) is 14.4 Å². The topological polar surface area (TPSA) is 115 Å². The molecular weight excluding hydrogens is 498 g/mol. The molecule has 0 radical (unpaired) electrons. The molecule has 0 bridgehead atoms. The number of aryl methyl sites for hydroxylation is 1. The third kappa shape index (κ3) is 6.40. The molecule has 0 spiro atoms. The molecule has 39 heavy (non-hydrogen) atoms. The first-order chi connectivity index (χ1) is 18.9. The summed E-state index contributed by atoms with van der Waals surface area (Å²) < 4.78 is 16.2. The van der Waals surface area contributed by atoms with Gasteiger partial charge in [0, 0.05) is 11.1 Å². The number of rotatable bonds is 9. The Morgan fingerprint density at radius 3 is 2.33 bits per heavy atom. The van der Waals surface area contributed by atoms with E-state index in [4.69, 9.17) is 14.2 Å².